The Bertz CT molecular complexity index is 2790. The van der Waals surface area contributed by atoms with Crippen LogP contribution in [0.15, 0.2) is 178 Å². The van der Waals surface area contributed by atoms with Crippen LogP contribution in [0.1, 0.15) is 22.9 Å². The summed E-state index contributed by atoms with van der Waals surface area (Å²) in [7, 11) is 0. The molecule has 0 aliphatic carbocycles. The summed E-state index contributed by atoms with van der Waals surface area (Å²) < 4.78 is 9.19. The zero-order chi connectivity index (χ0) is 33.0. The fourth-order valence-electron chi connectivity index (χ4n) is 7.16. The number of hydrogen-bond donors (Lipinski definition) is 1. The number of nitrogens with one attached hydrogen (secondary N) is 1. The van der Waals surface area contributed by atoms with Crippen molar-refractivity contribution in [2.45, 2.75) is 6.17 Å². The fourth-order valence-corrected chi connectivity index (χ4v) is 8.39. The zero-order valence-corrected chi connectivity index (χ0v) is 27.7. The van der Waals surface area contributed by atoms with E-state index in [-0.39, 0.29) is 6.17 Å². The van der Waals surface area contributed by atoms with E-state index in [9.17, 15) is 0 Å². The minimum atomic E-state index is -0.293. The van der Waals surface area contributed by atoms with Crippen molar-refractivity contribution in [3.05, 3.63) is 180 Å². The van der Waals surface area contributed by atoms with Crippen molar-refractivity contribution in [2.75, 3.05) is 0 Å². The Morgan fingerprint density at radius 2 is 1.24 bits per heavy atom. The molecule has 1 aliphatic heterocycles. The molecule has 2 aromatic heterocycles. The van der Waals surface area contributed by atoms with Gasteiger partial charge in [-0.25, -0.2) is 9.98 Å². The minimum absolute atomic E-state index is 0.293. The molecule has 1 N–H and O–H groups in total. The molecule has 4 nitrogen and oxygen atoms in total. The van der Waals surface area contributed by atoms with Gasteiger partial charge < -0.3 is 9.73 Å². The van der Waals surface area contributed by atoms with E-state index < -0.39 is 0 Å². The first kappa shape index (κ1) is 28.7. The number of furan rings is 1. The summed E-state index contributed by atoms with van der Waals surface area (Å²) in [6, 6.07) is 57.3. The lowest BCUT2D eigenvalue weighted by atomic mass is 9.97. The third kappa shape index (κ3) is 4.82. The van der Waals surface area contributed by atoms with Gasteiger partial charge in [-0.1, -0.05) is 133 Å². The first-order chi connectivity index (χ1) is 24.8. The third-order valence-electron chi connectivity index (χ3n) is 9.55. The van der Waals surface area contributed by atoms with Gasteiger partial charge in [-0.15, -0.1) is 11.3 Å². The lowest BCUT2D eigenvalue weighted by Gasteiger charge is -2.23. The number of thiophene rings is 1. The Morgan fingerprint density at radius 1 is 0.520 bits per heavy atom. The van der Waals surface area contributed by atoms with Crippen molar-refractivity contribution in [1.29, 1.82) is 0 Å². The van der Waals surface area contributed by atoms with Crippen LogP contribution in [0.2, 0.25) is 0 Å². The number of benzene rings is 7. The predicted molar refractivity (Wildman–Crippen MR) is 209 cm³/mol. The topological polar surface area (TPSA) is 49.9 Å². The van der Waals surface area contributed by atoms with Crippen molar-refractivity contribution in [3.63, 3.8) is 0 Å². The molecule has 10 rings (SSSR count). The van der Waals surface area contributed by atoms with Crippen LogP contribution in [0.5, 0.6) is 0 Å². The quantitative estimate of drug-likeness (QED) is 0.200. The van der Waals surface area contributed by atoms with Gasteiger partial charge in [0.2, 0.25) is 0 Å². The highest BCUT2D eigenvalue weighted by Crippen LogP contribution is 2.44. The number of nitrogens with zero attached hydrogens (tertiary/aromatic N) is 2. The average Bonchev–Trinajstić information content (AvgIpc) is 3.77. The number of rotatable bonds is 5. The normalized spacial score (nSPS) is 14.6. The van der Waals surface area contributed by atoms with E-state index in [1.807, 2.05) is 35.6 Å². The van der Waals surface area contributed by atoms with Crippen molar-refractivity contribution in [3.8, 4) is 22.3 Å². The second-order valence-corrected chi connectivity index (χ2v) is 13.6. The standard InChI is InChI=1S/C45H29N3OS/c1-3-12-28(13-4-1)30-16-9-17-31(26-30)44-46-43(29-14-5-2-6-15-29)47-45(48-44)32-24-25-37-39(27-32)49-38-22-11-19-34(41(37)38)36-21-10-20-35-33-18-7-8-23-40(33)50-42(35)36/h1-27,43H,(H,46,47,48). The summed E-state index contributed by atoms with van der Waals surface area (Å²) in [5, 5.41) is 8.42. The number of amidine groups is 2. The van der Waals surface area contributed by atoms with E-state index in [2.05, 4.69) is 145 Å². The molecule has 0 fully saturated rings. The predicted octanol–water partition coefficient (Wildman–Crippen LogP) is 11.8. The zero-order valence-electron chi connectivity index (χ0n) is 26.9. The maximum Gasteiger partial charge on any atom is 0.159 e. The summed E-state index contributed by atoms with van der Waals surface area (Å²) in [6.07, 6.45) is -0.293. The largest absolute Gasteiger partial charge is 0.456 e. The van der Waals surface area contributed by atoms with Crippen molar-refractivity contribution < 1.29 is 4.42 Å². The Balaban J connectivity index is 1.10. The number of fused-ring (bicyclic) bond motifs is 6. The van der Waals surface area contributed by atoms with Crippen LogP contribution in [0.3, 0.4) is 0 Å². The summed E-state index contributed by atoms with van der Waals surface area (Å²) in [5.41, 5.74) is 9.36. The third-order valence-corrected chi connectivity index (χ3v) is 10.8. The molecule has 0 radical (unpaired) electrons. The van der Waals surface area contributed by atoms with Crippen LogP contribution in [-0.2, 0) is 0 Å². The molecule has 0 saturated heterocycles. The second kappa shape index (κ2) is 11.7. The smallest absolute Gasteiger partial charge is 0.159 e. The molecule has 0 amide bonds. The molecule has 5 heteroatoms. The molecule has 9 aromatic rings. The van der Waals surface area contributed by atoms with Crippen LogP contribution < -0.4 is 5.32 Å². The maximum absolute atomic E-state index is 6.60. The van der Waals surface area contributed by atoms with Crippen LogP contribution in [-0.4, -0.2) is 11.7 Å². The molecule has 1 aliphatic rings. The lowest BCUT2D eigenvalue weighted by molar-refractivity contribution is 0.666. The molecule has 0 spiro atoms. The molecule has 3 heterocycles. The van der Waals surface area contributed by atoms with Gasteiger partial charge in [0, 0.05) is 47.6 Å². The van der Waals surface area contributed by atoms with Gasteiger partial charge in [0.15, 0.2) is 5.84 Å². The molecular weight excluding hydrogens is 631 g/mol. The first-order valence-electron chi connectivity index (χ1n) is 16.8. The van der Waals surface area contributed by atoms with Crippen LogP contribution in [0, 0.1) is 0 Å². The Labute approximate surface area is 292 Å². The van der Waals surface area contributed by atoms with E-state index in [1.165, 1.54) is 31.3 Å². The highest BCUT2D eigenvalue weighted by molar-refractivity contribution is 7.26. The van der Waals surface area contributed by atoms with E-state index in [0.717, 1.165) is 55.6 Å². The summed E-state index contributed by atoms with van der Waals surface area (Å²) in [5.74, 6) is 1.44. The van der Waals surface area contributed by atoms with Crippen LogP contribution >= 0.6 is 11.3 Å². The Hall–Kier alpha value is -6.30. The summed E-state index contributed by atoms with van der Waals surface area (Å²) >= 11 is 1.85. The molecule has 1 unspecified atom stereocenters. The highest BCUT2D eigenvalue weighted by Gasteiger charge is 2.23. The van der Waals surface area contributed by atoms with E-state index in [0.29, 0.717) is 5.84 Å². The van der Waals surface area contributed by atoms with Crippen molar-refractivity contribution in [1.82, 2.24) is 5.32 Å². The van der Waals surface area contributed by atoms with Gasteiger partial charge >= 0.3 is 0 Å². The van der Waals surface area contributed by atoms with E-state index in [4.69, 9.17) is 14.4 Å². The van der Waals surface area contributed by atoms with Crippen LogP contribution in [0.25, 0.3) is 64.4 Å². The first-order valence-corrected chi connectivity index (χ1v) is 17.6. The summed E-state index contributed by atoms with van der Waals surface area (Å²) in [4.78, 5) is 10.2. The van der Waals surface area contributed by atoms with Crippen molar-refractivity contribution in [2.24, 2.45) is 9.98 Å². The molecule has 0 saturated carbocycles. The summed E-state index contributed by atoms with van der Waals surface area (Å²) in [6.45, 7) is 0. The Kier molecular flexibility index (Phi) is 6.71. The van der Waals surface area contributed by atoms with Gasteiger partial charge in [-0.2, -0.15) is 0 Å². The number of aliphatic imine (C=N–C) groups is 2. The molecule has 236 valence electrons. The van der Waals surface area contributed by atoms with Crippen molar-refractivity contribution >= 4 is 65.1 Å². The monoisotopic (exact) mass is 659 g/mol. The average molecular weight is 660 g/mol. The van der Waals surface area contributed by atoms with Gasteiger partial charge in [0.1, 0.15) is 23.2 Å². The molecule has 50 heavy (non-hydrogen) atoms. The fraction of sp³-hybridized carbons (Fsp3) is 0.0222. The van der Waals surface area contributed by atoms with Gasteiger partial charge in [0.25, 0.3) is 0 Å². The second-order valence-electron chi connectivity index (χ2n) is 12.6. The molecular formula is C45H29N3OS. The Morgan fingerprint density at radius 3 is 2.14 bits per heavy atom. The van der Waals surface area contributed by atoms with Gasteiger partial charge in [-0.3, -0.25) is 0 Å². The molecule has 1 atom stereocenters. The lowest BCUT2D eigenvalue weighted by Crippen LogP contribution is -2.33. The van der Waals surface area contributed by atoms with Gasteiger partial charge in [-0.05, 0) is 52.6 Å². The molecule has 7 aromatic carbocycles. The SMILES string of the molecule is c1ccc(-c2cccc(C3=NC(c4ccccc4)NC(c4ccc5c(c4)oc4cccc(-c6cccc7c6sc6ccccc67)c45)=N3)c2)cc1. The van der Waals surface area contributed by atoms with Gasteiger partial charge in [0.05, 0.1) is 0 Å². The van der Waals surface area contributed by atoms with E-state index >= 15 is 0 Å². The minimum Gasteiger partial charge on any atom is -0.456 e. The maximum atomic E-state index is 6.60. The van der Waals surface area contributed by atoms with E-state index in [1.54, 1.807) is 0 Å². The van der Waals surface area contributed by atoms with Crippen LogP contribution in [0.4, 0.5) is 0 Å². The molecule has 0 bridgehead atoms. The number of hydrogen-bond acceptors (Lipinski definition) is 5. The highest BCUT2D eigenvalue weighted by atomic mass is 32.1.